The summed E-state index contributed by atoms with van der Waals surface area (Å²) in [6, 6.07) is 8.74. The Bertz CT molecular complexity index is 859. The molecule has 3 N–H and O–H groups in total. The number of fused-ring (bicyclic) bond motifs is 2. The normalized spacial score (nSPS) is 15.0. The maximum Gasteiger partial charge on any atom is 0.154 e. The first kappa shape index (κ1) is 15.7. The van der Waals surface area contributed by atoms with Gasteiger partial charge in [0, 0.05) is 11.1 Å². The Hall–Kier alpha value is -2.16. The van der Waals surface area contributed by atoms with Crippen LogP contribution in [0.3, 0.4) is 0 Å². The first-order chi connectivity index (χ1) is 10.5. The van der Waals surface area contributed by atoms with Crippen LogP contribution in [0.4, 0.5) is 0 Å². The van der Waals surface area contributed by atoms with Gasteiger partial charge in [-0.05, 0) is 44.9 Å². The molecule has 1 heterocycles. The highest BCUT2D eigenvalue weighted by Crippen LogP contribution is 2.37. The van der Waals surface area contributed by atoms with Crippen LogP contribution in [0.1, 0.15) is 63.8 Å². The van der Waals surface area contributed by atoms with E-state index < -0.39 is 0 Å². The van der Waals surface area contributed by atoms with Crippen molar-refractivity contribution in [3.63, 3.8) is 0 Å². The van der Waals surface area contributed by atoms with Gasteiger partial charge in [0.1, 0.15) is 5.84 Å². The van der Waals surface area contributed by atoms with Gasteiger partial charge in [0.05, 0.1) is 0 Å². The number of aliphatic imine (C=N–C) groups is 1. The zero-order valence-corrected chi connectivity index (χ0v) is 14.8. The van der Waals surface area contributed by atoms with Gasteiger partial charge in [-0.15, -0.1) is 0 Å². The van der Waals surface area contributed by atoms with Gasteiger partial charge >= 0.3 is 0 Å². The van der Waals surface area contributed by atoms with E-state index in [1.165, 1.54) is 16.5 Å². The number of benzene rings is 2. The second-order valence-electron chi connectivity index (χ2n) is 8.49. The Morgan fingerprint density at radius 2 is 1.52 bits per heavy atom. The molecule has 0 aliphatic carbocycles. The third-order valence-electron chi connectivity index (χ3n) is 4.53. The van der Waals surface area contributed by atoms with Gasteiger partial charge < -0.3 is 5.73 Å². The van der Waals surface area contributed by atoms with Gasteiger partial charge in [-0.1, -0.05) is 53.7 Å². The zero-order chi connectivity index (χ0) is 17.2. The van der Waals surface area contributed by atoms with Crippen molar-refractivity contribution in [2.45, 2.75) is 52.4 Å². The van der Waals surface area contributed by atoms with Crippen molar-refractivity contribution in [3.8, 4) is 0 Å². The fraction of sp³-hybridized carbons (Fsp3) is 0.400. The van der Waals surface area contributed by atoms with Crippen LogP contribution in [0.5, 0.6) is 0 Å². The minimum Gasteiger partial charge on any atom is -0.383 e. The summed E-state index contributed by atoms with van der Waals surface area (Å²) in [7, 11) is 0. The molecule has 0 amide bonds. The average molecular weight is 307 g/mol. The first-order valence-corrected chi connectivity index (χ1v) is 8.05. The van der Waals surface area contributed by atoms with E-state index in [0.717, 1.165) is 16.5 Å². The number of amidine groups is 2. The van der Waals surface area contributed by atoms with Crippen molar-refractivity contribution >= 4 is 22.4 Å². The molecule has 2 aromatic rings. The summed E-state index contributed by atoms with van der Waals surface area (Å²) in [5.41, 5.74) is 10.5. The molecule has 0 bridgehead atoms. The molecular weight excluding hydrogens is 282 g/mol. The molecule has 1 aliphatic rings. The van der Waals surface area contributed by atoms with Crippen LogP contribution < -0.4 is 5.73 Å². The predicted molar refractivity (Wildman–Crippen MR) is 98.9 cm³/mol. The van der Waals surface area contributed by atoms with Crippen molar-refractivity contribution in [2.75, 3.05) is 0 Å². The fourth-order valence-corrected chi connectivity index (χ4v) is 3.11. The van der Waals surface area contributed by atoms with Gasteiger partial charge in [-0.2, -0.15) is 0 Å². The van der Waals surface area contributed by atoms with E-state index in [1.54, 1.807) is 0 Å². The number of nitrogens with one attached hydrogen (secondary N) is 1. The average Bonchev–Trinajstić information content (AvgIpc) is 2.68. The number of nitrogens with zero attached hydrogens (tertiary/aromatic N) is 1. The lowest BCUT2D eigenvalue weighted by Crippen LogP contribution is -2.17. The monoisotopic (exact) mass is 307 g/mol. The minimum absolute atomic E-state index is 0.0335. The summed E-state index contributed by atoms with van der Waals surface area (Å²) in [5.74, 6) is 0.713. The van der Waals surface area contributed by atoms with E-state index in [9.17, 15) is 0 Å². The molecule has 3 rings (SSSR count). The summed E-state index contributed by atoms with van der Waals surface area (Å²) < 4.78 is 0. The number of hydrogen-bond acceptors (Lipinski definition) is 2. The summed E-state index contributed by atoms with van der Waals surface area (Å²) in [6.45, 7) is 13.4. The molecule has 3 heteroatoms. The largest absolute Gasteiger partial charge is 0.383 e. The molecular formula is C20H25N3. The van der Waals surface area contributed by atoms with Crippen LogP contribution in [-0.2, 0) is 10.8 Å². The van der Waals surface area contributed by atoms with Crippen LogP contribution >= 0.6 is 0 Å². The van der Waals surface area contributed by atoms with E-state index in [4.69, 9.17) is 11.1 Å². The van der Waals surface area contributed by atoms with Crippen LogP contribution in [-0.4, -0.2) is 11.7 Å². The number of nitrogens with two attached hydrogens (primary N) is 1. The second kappa shape index (κ2) is 4.67. The third kappa shape index (κ3) is 2.54. The molecule has 0 fully saturated rings. The van der Waals surface area contributed by atoms with Crippen LogP contribution in [0.2, 0.25) is 0 Å². The molecule has 1 aliphatic heterocycles. The fourth-order valence-electron chi connectivity index (χ4n) is 3.11. The highest BCUT2D eigenvalue weighted by molar-refractivity contribution is 6.22. The Morgan fingerprint density at radius 3 is 2.09 bits per heavy atom. The Morgan fingerprint density at radius 1 is 0.870 bits per heavy atom. The Labute approximate surface area is 138 Å². The van der Waals surface area contributed by atoms with E-state index >= 15 is 0 Å². The summed E-state index contributed by atoms with van der Waals surface area (Å²) in [6.07, 6.45) is 0. The molecule has 0 unspecified atom stereocenters. The molecule has 0 atom stereocenters. The lowest BCUT2D eigenvalue weighted by Gasteiger charge is -2.27. The van der Waals surface area contributed by atoms with E-state index in [0.29, 0.717) is 5.84 Å². The quantitative estimate of drug-likeness (QED) is 0.740. The molecule has 0 radical (unpaired) electrons. The van der Waals surface area contributed by atoms with Crippen molar-refractivity contribution in [2.24, 2.45) is 10.7 Å². The highest BCUT2D eigenvalue weighted by Gasteiger charge is 2.25. The van der Waals surface area contributed by atoms with Gasteiger partial charge in [0.2, 0.25) is 0 Å². The van der Waals surface area contributed by atoms with E-state index in [2.05, 4.69) is 70.8 Å². The minimum atomic E-state index is 0.0335. The molecule has 0 saturated heterocycles. The second-order valence-corrected chi connectivity index (χ2v) is 8.49. The topological polar surface area (TPSA) is 62.2 Å². The molecule has 23 heavy (non-hydrogen) atoms. The smallest absolute Gasteiger partial charge is 0.154 e. The molecule has 120 valence electrons. The van der Waals surface area contributed by atoms with Crippen LogP contribution in [0, 0.1) is 5.41 Å². The molecule has 0 aromatic heterocycles. The van der Waals surface area contributed by atoms with Gasteiger partial charge in [-0.3, -0.25) is 5.41 Å². The van der Waals surface area contributed by atoms with Gasteiger partial charge in [-0.25, -0.2) is 4.99 Å². The lowest BCUT2D eigenvalue weighted by molar-refractivity contribution is 0.573. The van der Waals surface area contributed by atoms with Crippen molar-refractivity contribution in [1.82, 2.24) is 0 Å². The maximum atomic E-state index is 8.02. The predicted octanol–water partition coefficient (Wildman–Crippen LogP) is 4.48. The van der Waals surface area contributed by atoms with Crippen molar-refractivity contribution in [1.29, 1.82) is 5.41 Å². The van der Waals surface area contributed by atoms with E-state index in [1.807, 2.05) is 0 Å². The Kier molecular flexibility index (Phi) is 3.19. The third-order valence-corrected chi connectivity index (χ3v) is 4.53. The van der Waals surface area contributed by atoms with Crippen molar-refractivity contribution < 1.29 is 0 Å². The molecule has 0 saturated carbocycles. The van der Waals surface area contributed by atoms with Crippen molar-refractivity contribution in [3.05, 3.63) is 46.5 Å². The number of hydrogen-bond donors (Lipinski definition) is 2. The molecule has 0 spiro atoms. The standard InChI is InChI=1S/C20H25N3/c1-19(2,3)12-7-11-8-14-15(18(22)23-17(14)21)10-13(11)16(9-12)20(4,5)6/h7-10H,1-6H3,(H3,21,22,23). The first-order valence-electron chi connectivity index (χ1n) is 8.05. The van der Waals surface area contributed by atoms with Gasteiger partial charge in [0.25, 0.3) is 0 Å². The Balaban J connectivity index is 2.41. The molecule has 3 nitrogen and oxygen atoms in total. The summed E-state index contributed by atoms with van der Waals surface area (Å²) in [5, 5.41) is 10.4. The van der Waals surface area contributed by atoms with E-state index in [-0.39, 0.29) is 16.7 Å². The van der Waals surface area contributed by atoms with Crippen LogP contribution in [0.25, 0.3) is 10.8 Å². The van der Waals surface area contributed by atoms with Crippen LogP contribution in [0.15, 0.2) is 29.3 Å². The number of rotatable bonds is 0. The zero-order valence-electron chi connectivity index (χ0n) is 14.8. The summed E-state index contributed by atoms with van der Waals surface area (Å²) in [4.78, 5) is 4.12. The SMILES string of the molecule is CC(C)(C)c1cc(C(C)(C)C)c2cc3c(cc2c1)C(=N)N=C3N. The maximum absolute atomic E-state index is 8.02. The summed E-state index contributed by atoms with van der Waals surface area (Å²) >= 11 is 0. The molecule has 2 aromatic carbocycles. The van der Waals surface area contributed by atoms with Gasteiger partial charge in [0.15, 0.2) is 5.84 Å². The highest BCUT2D eigenvalue weighted by atomic mass is 14.9. The lowest BCUT2D eigenvalue weighted by atomic mass is 9.77.